The van der Waals surface area contributed by atoms with Crippen LogP contribution in [0.25, 0.3) is 0 Å². The third-order valence-corrected chi connectivity index (χ3v) is 13.2. The Hall–Kier alpha value is -3.15. The molecular weight excluding hydrogens is 877 g/mol. The predicted octanol–water partition coefficient (Wildman–Crippen LogP) is 20.5. The van der Waals surface area contributed by atoms with Gasteiger partial charge in [-0.3, -0.25) is 14.4 Å². The van der Waals surface area contributed by atoms with Crippen LogP contribution in [0.3, 0.4) is 0 Å². The molecule has 0 unspecified atom stereocenters. The Balaban J connectivity index is 4.46. The summed E-state index contributed by atoms with van der Waals surface area (Å²) in [6.07, 6.45) is 76.2. The lowest BCUT2D eigenvalue weighted by Gasteiger charge is -2.18. The van der Waals surface area contributed by atoms with E-state index in [9.17, 15) is 14.4 Å². The number of carbonyl (C=O) groups is 3. The van der Waals surface area contributed by atoms with Gasteiger partial charge >= 0.3 is 17.9 Å². The zero-order chi connectivity index (χ0) is 51.4. The van der Waals surface area contributed by atoms with Gasteiger partial charge in [-0.05, 0) is 83.5 Å². The Bertz CT molecular complexity index is 1320. The van der Waals surface area contributed by atoms with E-state index in [0.717, 1.165) is 64.2 Å². The van der Waals surface area contributed by atoms with Crippen molar-refractivity contribution in [3.8, 4) is 0 Å². The highest BCUT2D eigenvalue weighted by atomic mass is 16.6. The smallest absolute Gasteiger partial charge is 0.306 e. The second kappa shape index (κ2) is 59.4. The molecule has 0 fully saturated rings. The van der Waals surface area contributed by atoms with E-state index in [1.807, 2.05) is 6.08 Å². The molecule has 0 heterocycles. The number of ether oxygens (including phenoxy) is 3. The molecule has 0 spiro atoms. The largest absolute Gasteiger partial charge is 0.462 e. The third-order valence-electron chi connectivity index (χ3n) is 13.2. The van der Waals surface area contributed by atoms with Gasteiger partial charge in [-0.1, -0.05) is 273 Å². The molecule has 0 aliphatic carbocycles. The predicted molar refractivity (Wildman–Crippen MR) is 307 cm³/mol. The number of hydrogen-bond acceptors (Lipinski definition) is 6. The fraction of sp³-hybridized carbons (Fsp3) is 0.769. The van der Waals surface area contributed by atoms with Crippen LogP contribution in [0.5, 0.6) is 0 Å². The fourth-order valence-corrected chi connectivity index (χ4v) is 8.60. The summed E-state index contributed by atoms with van der Waals surface area (Å²) in [7, 11) is 0. The van der Waals surface area contributed by atoms with Gasteiger partial charge in [-0.15, -0.1) is 0 Å². The molecule has 0 saturated carbocycles. The van der Waals surface area contributed by atoms with Gasteiger partial charge in [0.2, 0.25) is 0 Å². The molecule has 0 amide bonds. The number of unbranched alkanes of at least 4 members (excludes halogenated alkanes) is 32. The van der Waals surface area contributed by atoms with Crippen molar-refractivity contribution in [1.29, 1.82) is 0 Å². The Labute approximate surface area is 440 Å². The maximum atomic E-state index is 12.8. The van der Waals surface area contributed by atoms with E-state index in [2.05, 4.69) is 87.6 Å². The highest BCUT2D eigenvalue weighted by Gasteiger charge is 2.19. The maximum absolute atomic E-state index is 12.8. The molecule has 0 aliphatic heterocycles. The molecule has 0 radical (unpaired) electrons. The Morgan fingerprint density at radius 1 is 0.282 bits per heavy atom. The molecule has 0 aromatic carbocycles. The van der Waals surface area contributed by atoms with Crippen LogP contribution in [0.15, 0.2) is 72.9 Å². The van der Waals surface area contributed by atoms with Gasteiger partial charge in [0.1, 0.15) is 13.2 Å². The number of hydrogen-bond donors (Lipinski definition) is 0. The molecule has 6 nitrogen and oxygen atoms in total. The molecule has 0 N–H and O–H groups in total. The van der Waals surface area contributed by atoms with Gasteiger partial charge in [0.05, 0.1) is 0 Å². The van der Waals surface area contributed by atoms with Crippen molar-refractivity contribution in [2.45, 2.75) is 309 Å². The normalized spacial score (nSPS) is 12.5. The average molecular weight is 992 g/mol. The van der Waals surface area contributed by atoms with Crippen molar-refractivity contribution >= 4 is 17.9 Å². The molecule has 0 bridgehead atoms. The summed E-state index contributed by atoms with van der Waals surface area (Å²) in [4.78, 5) is 38.2. The first-order valence-electron chi connectivity index (χ1n) is 30.4. The van der Waals surface area contributed by atoms with Crippen molar-refractivity contribution in [3.05, 3.63) is 72.9 Å². The number of carbonyl (C=O) groups excluding carboxylic acids is 3. The summed E-state index contributed by atoms with van der Waals surface area (Å²) in [6, 6.07) is 0. The molecule has 0 saturated heterocycles. The second-order valence-corrected chi connectivity index (χ2v) is 20.3. The van der Waals surface area contributed by atoms with Crippen LogP contribution in [-0.4, -0.2) is 37.2 Å². The Morgan fingerprint density at radius 2 is 0.535 bits per heavy atom. The quantitative estimate of drug-likeness (QED) is 0.0261. The highest BCUT2D eigenvalue weighted by Crippen LogP contribution is 2.16. The molecule has 0 aliphatic rings. The van der Waals surface area contributed by atoms with Gasteiger partial charge in [0.15, 0.2) is 6.10 Å². The molecule has 6 heteroatoms. The van der Waals surface area contributed by atoms with Crippen LogP contribution >= 0.6 is 0 Å². The summed E-state index contributed by atoms with van der Waals surface area (Å²) in [5.74, 6) is -0.979. The van der Waals surface area contributed by atoms with E-state index in [0.29, 0.717) is 19.3 Å². The van der Waals surface area contributed by atoms with Crippen LogP contribution in [0.1, 0.15) is 303 Å². The third kappa shape index (κ3) is 57.6. The van der Waals surface area contributed by atoms with Crippen molar-refractivity contribution in [2.24, 2.45) is 0 Å². The zero-order valence-corrected chi connectivity index (χ0v) is 47.0. The van der Waals surface area contributed by atoms with Gasteiger partial charge in [0, 0.05) is 19.3 Å². The first-order chi connectivity index (χ1) is 35.0. The van der Waals surface area contributed by atoms with Crippen molar-refractivity contribution in [3.63, 3.8) is 0 Å². The summed E-state index contributed by atoms with van der Waals surface area (Å²) >= 11 is 0. The minimum atomic E-state index is -0.816. The lowest BCUT2D eigenvalue weighted by Crippen LogP contribution is -2.30. The average Bonchev–Trinajstić information content (AvgIpc) is 3.37. The topological polar surface area (TPSA) is 78.9 Å². The molecule has 1 atom stereocenters. The Morgan fingerprint density at radius 3 is 0.901 bits per heavy atom. The molecule has 410 valence electrons. The summed E-state index contributed by atoms with van der Waals surface area (Å²) in [6.45, 7) is 6.57. The first kappa shape index (κ1) is 67.8. The molecule has 0 aromatic heterocycles. The first-order valence-corrected chi connectivity index (χ1v) is 30.4. The van der Waals surface area contributed by atoms with Crippen LogP contribution in [0.2, 0.25) is 0 Å². The van der Waals surface area contributed by atoms with Crippen LogP contribution in [-0.2, 0) is 28.6 Å². The van der Waals surface area contributed by atoms with E-state index in [4.69, 9.17) is 14.2 Å². The van der Waals surface area contributed by atoms with Crippen LogP contribution in [0.4, 0.5) is 0 Å². The van der Waals surface area contributed by atoms with Crippen molar-refractivity contribution in [1.82, 2.24) is 0 Å². The molecule has 0 aromatic rings. The summed E-state index contributed by atoms with van der Waals surface area (Å²) in [5.41, 5.74) is 0. The van der Waals surface area contributed by atoms with Crippen LogP contribution in [0, 0.1) is 0 Å². The van der Waals surface area contributed by atoms with Crippen molar-refractivity contribution < 1.29 is 28.6 Å². The molecular formula is C65H114O6. The van der Waals surface area contributed by atoms with E-state index >= 15 is 0 Å². The monoisotopic (exact) mass is 991 g/mol. The zero-order valence-electron chi connectivity index (χ0n) is 47.0. The minimum Gasteiger partial charge on any atom is -0.462 e. The van der Waals surface area contributed by atoms with Gasteiger partial charge in [-0.2, -0.15) is 0 Å². The standard InChI is InChI=1S/C65H114O6/c1-4-7-10-13-16-19-22-25-28-30-32-34-37-40-43-46-49-52-55-58-64(67)70-61-62(60-69-63(66)57-54-51-48-45-42-39-36-27-24-21-18-15-12-9-6-3)71-65(68)59-56-53-50-47-44-41-38-35-33-31-29-26-23-20-17-14-11-8-5-2/h17,20-21,24,26,29,33,35,41,44,50,53,62H,4-16,18-19,22-23,25,27-28,30-32,34,36-40,42-43,45-49,51-52,54-61H2,1-3H3/b20-17-,24-21-,29-26-,35-33-,44-41-,53-50-/t62-/m1/s1. The lowest BCUT2D eigenvalue weighted by atomic mass is 10.0. The number of rotatable bonds is 55. The number of esters is 3. The van der Waals surface area contributed by atoms with Gasteiger partial charge < -0.3 is 14.2 Å². The van der Waals surface area contributed by atoms with E-state index in [1.54, 1.807) is 0 Å². The minimum absolute atomic E-state index is 0.104. The van der Waals surface area contributed by atoms with Crippen molar-refractivity contribution in [2.75, 3.05) is 13.2 Å². The van der Waals surface area contributed by atoms with Crippen LogP contribution < -0.4 is 0 Å². The molecule has 0 rings (SSSR count). The number of allylic oxidation sites excluding steroid dienone is 12. The summed E-state index contributed by atoms with van der Waals surface area (Å²) < 4.78 is 16.8. The summed E-state index contributed by atoms with van der Waals surface area (Å²) in [5, 5.41) is 0. The lowest BCUT2D eigenvalue weighted by molar-refractivity contribution is -0.166. The molecule has 71 heavy (non-hydrogen) atoms. The second-order valence-electron chi connectivity index (χ2n) is 20.3. The van der Waals surface area contributed by atoms with Gasteiger partial charge in [-0.25, -0.2) is 0 Å². The highest BCUT2D eigenvalue weighted by molar-refractivity contribution is 5.71. The van der Waals surface area contributed by atoms with E-state index in [1.165, 1.54) is 193 Å². The Kier molecular flexibility index (Phi) is 56.8. The maximum Gasteiger partial charge on any atom is 0.306 e. The van der Waals surface area contributed by atoms with E-state index in [-0.39, 0.29) is 37.5 Å². The van der Waals surface area contributed by atoms with Gasteiger partial charge in [0.25, 0.3) is 0 Å². The SMILES string of the molecule is CCCCC/C=C\C/C=C\C/C=C\C/C=C\C/C=C\CCC(=O)O[C@H](COC(=O)CCCCCCCCC/C=C\CCCCCC)COC(=O)CCCCCCCCCCCCCCCCCCCCC. The van der Waals surface area contributed by atoms with E-state index < -0.39 is 6.10 Å². The fourth-order valence-electron chi connectivity index (χ4n) is 8.60.